The highest BCUT2D eigenvalue weighted by molar-refractivity contribution is 7.99. The number of thioether (sulfide) groups is 1. The fraction of sp³-hybridized carbons (Fsp3) is 0.0526. The molecule has 2 aromatic heterocycles. The monoisotopic (exact) mass is 411 g/mol. The van der Waals surface area contributed by atoms with Crippen molar-refractivity contribution in [2.24, 2.45) is 0 Å². The Balaban J connectivity index is 1.50. The minimum Gasteiger partial charge on any atom is -0.478 e. The molecule has 0 saturated heterocycles. The number of aromatic carboxylic acids is 1. The van der Waals surface area contributed by atoms with Crippen LogP contribution in [0.2, 0.25) is 0 Å². The number of aromatic nitrogens is 2. The Labute approximate surface area is 166 Å². The van der Waals surface area contributed by atoms with E-state index in [0.29, 0.717) is 10.5 Å². The van der Waals surface area contributed by atoms with Gasteiger partial charge in [0.15, 0.2) is 5.16 Å². The average molecular weight is 411 g/mol. The smallest absolute Gasteiger partial charge is 0.337 e. The molecular formula is C19H13N3O4S2. The van der Waals surface area contributed by atoms with Gasteiger partial charge in [-0.2, -0.15) is 0 Å². The van der Waals surface area contributed by atoms with Gasteiger partial charge in [-0.05, 0) is 11.5 Å². The highest BCUT2D eigenvalue weighted by Gasteiger charge is 2.17. The molecule has 4 rings (SSSR count). The van der Waals surface area contributed by atoms with Gasteiger partial charge in [0.05, 0.1) is 16.7 Å². The first-order chi connectivity index (χ1) is 13.5. The number of amides is 1. The number of carbonyl (C=O) groups is 2. The standard InChI is InChI=1S/C19H13N3O4S2/c23-14(20-13-7-3-5-10-4-1-2-6-11(10)13)9-28-19-21-16(24)15-12(18(25)26)8-27-17(15)22-19/h1-8H,9H2,(H,20,23)(H,25,26)(H,21,22,24). The summed E-state index contributed by atoms with van der Waals surface area (Å²) >= 11 is 2.16. The molecule has 3 N–H and O–H groups in total. The summed E-state index contributed by atoms with van der Waals surface area (Å²) in [5.41, 5.74) is 0.115. The molecule has 0 aliphatic carbocycles. The summed E-state index contributed by atoms with van der Waals surface area (Å²) in [5, 5.41) is 15.7. The lowest BCUT2D eigenvalue weighted by Gasteiger charge is -2.08. The Morgan fingerprint density at radius 1 is 1.18 bits per heavy atom. The van der Waals surface area contributed by atoms with E-state index in [9.17, 15) is 14.4 Å². The van der Waals surface area contributed by atoms with Crippen molar-refractivity contribution >= 4 is 61.7 Å². The number of benzene rings is 2. The predicted octanol–water partition coefficient (Wildman–Crippen LogP) is 3.57. The van der Waals surface area contributed by atoms with Gasteiger partial charge in [0.1, 0.15) is 4.83 Å². The summed E-state index contributed by atoms with van der Waals surface area (Å²) in [6, 6.07) is 13.4. The third kappa shape index (κ3) is 3.49. The van der Waals surface area contributed by atoms with E-state index in [1.165, 1.54) is 5.38 Å². The molecule has 0 aliphatic heterocycles. The highest BCUT2D eigenvalue weighted by Crippen LogP contribution is 2.25. The van der Waals surface area contributed by atoms with Crippen molar-refractivity contribution < 1.29 is 14.7 Å². The number of fused-ring (bicyclic) bond motifs is 2. The van der Waals surface area contributed by atoms with Crippen LogP contribution >= 0.6 is 23.1 Å². The zero-order valence-corrected chi connectivity index (χ0v) is 15.9. The van der Waals surface area contributed by atoms with Crippen molar-refractivity contribution in [1.29, 1.82) is 0 Å². The number of anilines is 1. The van der Waals surface area contributed by atoms with Crippen molar-refractivity contribution in [1.82, 2.24) is 9.97 Å². The minimum atomic E-state index is -1.17. The van der Waals surface area contributed by atoms with Crippen LogP contribution in [0.4, 0.5) is 5.69 Å². The average Bonchev–Trinajstić information content (AvgIpc) is 3.12. The second kappa shape index (κ2) is 7.45. The first kappa shape index (κ1) is 18.2. The zero-order valence-electron chi connectivity index (χ0n) is 14.3. The Kier molecular flexibility index (Phi) is 4.84. The molecule has 2 heterocycles. The van der Waals surface area contributed by atoms with Gasteiger partial charge in [-0.15, -0.1) is 11.3 Å². The third-order valence-electron chi connectivity index (χ3n) is 4.06. The molecule has 1 amide bonds. The molecule has 9 heteroatoms. The fourth-order valence-corrected chi connectivity index (χ4v) is 4.44. The molecule has 0 spiro atoms. The van der Waals surface area contributed by atoms with Crippen molar-refractivity contribution in [3.8, 4) is 0 Å². The lowest BCUT2D eigenvalue weighted by Crippen LogP contribution is -2.16. The lowest BCUT2D eigenvalue weighted by atomic mass is 10.1. The van der Waals surface area contributed by atoms with Crippen LogP contribution in [0.25, 0.3) is 21.0 Å². The van der Waals surface area contributed by atoms with Crippen LogP contribution in [0.5, 0.6) is 0 Å². The van der Waals surface area contributed by atoms with Crippen molar-refractivity contribution in [2.45, 2.75) is 5.16 Å². The summed E-state index contributed by atoms with van der Waals surface area (Å²) in [4.78, 5) is 42.8. The number of carbonyl (C=O) groups excluding carboxylic acids is 1. The van der Waals surface area contributed by atoms with Crippen molar-refractivity contribution in [3.05, 3.63) is 63.8 Å². The number of nitrogens with zero attached hydrogens (tertiary/aromatic N) is 1. The Hall–Kier alpha value is -3.17. The Morgan fingerprint density at radius 2 is 1.96 bits per heavy atom. The van der Waals surface area contributed by atoms with Crippen LogP contribution in [-0.4, -0.2) is 32.7 Å². The number of rotatable bonds is 5. The first-order valence-corrected chi connectivity index (χ1v) is 10.0. The fourth-order valence-electron chi connectivity index (χ4n) is 2.81. The largest absolute Gasteiger partial charge is 0.478 e. The van der Waals surface area contributed by atoms with Gasteiger partial charge in [-0.3, -0.25) is 9.59 Å². The molecule has 0 radical (unpaired) electrons. The van der Waals surface area contributed by atoms with E-state index in [1.54, 1.807) is 0 Å². The van der Waals surface area contributed by atoms with Crippen LogP contribution in [-0.2, 0) is 4.79 Å². The molecule has 0 bridgehead atoms. The van der Waals surface area contributed by atoms with E-state index in [-0.39, 0.29) is 27.8 Å². The number of thiophene rings is 1. The first-order valence-electron chi connectivity index (χ1n) is 8.18. The molecule has 0 fully saturated rings. The SMILES string of the molecule is O=C(CSc1nc2scc(C(=O)O)c2c(=O)[nH]1)Nc1cccc2ccccc12. The number of aromatic amines is 1. The van der Waals surface area contributed by atoms with Gasteiger partial charge in [-0.25, -0.2) is 9.78 Å². The van der Waals surface area contributed by atoms with E-state index >= 15 is 0 Å². The number of carboxylic acids is 1. The van der Waals surface area contributed by atoms with E-state index in [1.807, 2.05) is 42.5 Å². The summed E-state index contributed by atoms with van der Waals surface area (Å²) in [7, 11) is 0. The number of hydrogen-bond donors (Lipinski definition) is 3. The van der Waals surface area contributed by atoms with Gasteiger partial charge in [-0.1, -0.05) is 48.2 Å². The molecule has 2 aromatic carbocycles. The molecule has 7 nitrogen and oxygen atoms in total. The van der Waals surface area contributed by atoms with Crippen molar-refractivity contribution in [2.75, 3.05) is 11.1 Å². The van der Waals surface area contributed by atoms with Crippen LogP contribution in [0.15, 0.2) is 57.8 Å². The number of H-pyrrole nitrogens is 1. The molecule has 0 saturated carbocycles. The van der Waals surface area contributed by atoms with Gasteiger partial charge in [0.2, 0.25) is 5.91 Å². The summed E-state index contributed by atoms with van der Waals surface area (Å²) in [6.45, 7) is 0. The van der Waals surface area contributed by atoms with E-state index < -0.39 is 11.5 Å². The van der Waals surface area contributed by atoms with E-state index in [0.717, 1.165) is 33.9 Å². The lowest BCUT2D eigenvalue weighted by molar-refractivity contribution is -0.113. The van der Waals surface area contributed by atoms with Crippen LogP contribution < -0.4 is 10.9 Å². The van der Waals surface area contributed by atoms with E-state index in [4.69, 9.17) is 5.11 Å². The molecule has 0 atom stereocenters. The molecular weight excluding hydrogens is 398 g/mol. The minimum absolute atomic E-state index is 0.0504. The Morgan fingerprint density at radius 3 is 2.79 bits per heavy atom. The molecule has 0 aliphatic rings. The second-order valence-corrected chi connectivity index (χ2v) is 7.69. The summed E-state index contributed by atoms with van der Waals surface area (Å²) < 4.78 is 0. The predicted molar refractivity (Wildman–Crippen MR) is 111 cm³/mol. The topological polar surface area (TPSA) is 112 Å². The van der Waals surface area contributed by atoms with Crippen LogP contribution in [0.3, 0.4) is 0 Å². The summed E-state index contributed by atoms with van der Waals surface area (Å²) in [5.74, 6) is -1.36. The van der Waals surface area contributed by atoms with Crippen LogP contribution in [0, 0.1) is 0 Å². The Bertz CT molecular complexity index is 1270. The van der Waals surface area contributed by atoms with Crippen LogP contribution in [0.1, 0.15) is 10.4 Å². The van der Waals surface area contributed by atoms with Gasteiger partial charge in [0.25, 0.3) is 5.56 Å². The number of carboxylic acid groups (broad SMARTS) is 1. The van der Waals surface area contributed by atoms with Crippen molar-refractivity contribution in [3.63, 3.8) is 0 Å². The molecule has 0 unspecified atom stereocenters. The molecule has 140 valence electrons. The molecule has 4 aromatic rings. The number of hydrogen-bond acceptors (Lipinski definition) is 6. The normalized spacial score (nSPS) is 11.0. The van der Waals surface area contributed by atoms with Gasteiger partial charge in [0, 0.05) is 16.5 Å². The maximum absolute atomic E-state index is 12.3. The van der Waals surface area contributed by atoms with E-state index in [2.05, 4.69) is 15.3 Å². The third-order valence-corrected chi connectivity index (χ3v) is 5.80. The maximum Gasteiger partial charge on any atom is 0.337 e. The van der Waals surface area contributed by atoms with Gasteiger partial charge < -0.3 is 15.4 Å². The number of nitrogens with one attached hydrogen (secondary N) is 2. The maximum atomic E-state index is 12.3. The second-order valence-electron chi connectivity index (χ2n) is 5.87. The molecule has 28 heavy (non-hydrogen) atoms. The quantitative estimate of drug-likeness (QED) is 0.342. The summed E-state index contributed by atoms with van der Waals surface area (Å²) in [6.07, 6.45) is 0. The zero-order chi connectivity index (χ0) is 19.7. The highest BCUT2D eigenvalue weighted by atomic mass is 32.2. The van der Waals surface area contributed by atoms with Gasteiger partial charge >= 0.3 is 5.97 Å².